The summed E-state index contributed by atoms with van der Waals surface area (Å²) in [5, 5.41) is 0. The first kappa shape index (κ1) is 17.2. The number of imidazole rings is 1. The van der Waals surface area contributed by atoms with Crippen LogP contribution in [0.1, 0.15) is 11.5 Å². The van der Waals surface area contributed by atoms with E-state index in [-0.39, 0.29) is 5.82 Å². The van der Waals surface area contributed by atoms with Gasteiger partial charge in [0.05, 0.1) is 12.3 Å². The van der Waals surface area contributed by atoms with E-state index in [0.29, 0.717) is 12.6 Å². The van der Waals surface area contributed by atoms with Crippen molar-refractivity contribution in [2.24, 2.45) is 0 Å². The molecule has 1 aromatic heterocycles. The molecule has 6 nitrogen and oxygen atoms in total. The number of benzene rings is 1. The molecule has 2 fully saturated rings. The van der Waals surface area contributed by atoms with Gasteiger partial charge in [0.15, 0.2) is 0 Å². The molecule has 1 aromatic carbocycles. The Morgan fingerprint density at radius 1 is 1.04 bits per heavy atom. The summed E-state index contributed by atoms with van der Waals surface area (Å²) in [5.41, 5.74) is 2.29. The summed E-state index contributed by atoms with van der Waals surface area (Å²) in [7, 11) is 0. The molecule has 0 saturated carbocycles. The van der Waals surface area contributed by atoms with E-state index in [9.17, 15) is 4.39 Å². The summed E-state index contributed by atoms with van der Waals surface area (Å²) in [5.74, 6) is 0.892. The maximum atomic E-state index is 13.1. The SMILES string of the molecule is Fc1ccc(N2CCN(C3CN(Cc4cn5c(n4)COCC5)C3)CC2)cc1. The third kappa shape index (κ3) is 3.59. The van der Waals surface area contributed by atoms with E-state index in [4.69, 9.17) is 9.72 Å². The maximum Gasteiger partial charge on any atom is 0.135 e. The minimum atomic E-state index is -0.168. The van der Waals surface area contributed by atoms with E-state index in [1.165, 1.54) is 0 Å². The average Bonchev–Trinajstić information content (AvgIpc) is 3.08. The van der Waals surface area contributed by atoms with Crippen LogP contribution in [0.25, 0.3) is 0 Å². The summed E-state index contributed by atoms with van der Waals surface area (Å²) in [6, 6.07) is 7.51. The Bertz CT molecular complexity index is 755. The number of hydrogen-bond donors (Lipinski definition) is 0. The first-order valence-corrected chi connectivity index (χ1v) is 9.84. The highest BCUT2D eigenvalue weighted by molar-refractivity contribution is 5.46. The molecule has 3 aliphatic rings. The summed E-state index contributed by atoms with van der Waals surface area (Å²) < 4.78 is 20.8. The van der Waals surface area contributed by atoms with Crippen LogP contribution >= 0.6 is 0 Å². The first-order chi connectivity index (χ1) is 13.2. The monoisotopic (exact) mass is 371 g/mol. The fourth-order valence-corrected chi connectivity index (χ4v) is 4.35. The molecule has 0 aliphatic carbocycles. The second-order valence-corrected chi connectivity index (χ2v) is 7.74. The summed E-state index contributed by atoms with van der Waals surface area (Å²) >= 11 is 0. The van der Waals surface area contributed by atoms with Crippen molar-refractivity contribution in [2.45, 2.75) is 25.7 Å². The first-order valence-electron chi connectivity index (χ1n) is 9.84. The number of hydrogen-bond acceptors (Lipinski definition) is 5. The second-order valence-electron chi connectivity index (χ2n) is 7.74. The van der Waals surface area contributed by atoms with Crippen LogP contribution in [-0.2, 0) is 24.4 Å². The molecule has 2 aromatic rings. The number of likely N-dealkylation sites (tertiary alicyclic amines) is 1. The van der Waals surface area contributed by atoms with Gasteiger partial charge in [0.2, 0.25) is 0 Å². The Kier molecular flexibility index (Phi) is 4.59. The van der Waals surface area contributed by atoms with Crippen molar-refractivity contribution in [3.8, 4) is 0 Å². The van der Waals surface area contributed by atoms with Crippen LogP contribution < -0.4 is 4.90 Å². The zero-order chi connectivity index (χ0) is 18.2. The smallest absolute Gasteiger partial charge is 0.135 e. The lowest BCUT2D eigenvalue weighted by Crippen LogP contribution is -2.62. The highest BCUT2D eigenvalue weighted by atomic mass is 19.1. The normalized spacial score (nSPS) is 21.9. The molecule has 144 valence electrons. The fraction of sp³-hybridized carbons (Fsp3) is 0.550. The van der Waals surface area contributed by atoms with Crippen molar-refractivity contribution in [3.63, 3.8) is 0 Å². The Hall–Kier alpha value is -1.96. The lowest BCUT2D eigenvalue weighted by molar-refractivity contribution is 0.0249. The van der Waals surface area contributed by atoms with Crippen LogP contribution in [-0.4, -0.2) is 71.3 Å². The molecule has 7 heteroatoms. The third-order valence-corrected chi connectivity index (χ3v) is 5.96. The summed E-state index contributed by atoms with van der Waals surface area (Å²) in [6.07, 6.45) is 2.19. The van der Waals surface area contributed by atoms with Crippen molar-refractivity contribution in [3.05, 3.63) is 47.8 Å². The van der Waals surface area contributed by atoms with Gasteiger partial charge in [-0.25, -0.2) is 9.37 Å². The van der Waals surface area contributed by atoms with Gasteiger partial charge in [-0.15, -0.1) is 0 Å². The van der Waals surface area contributed by atoms with Gasteiger partial charge in [-0.2, -0.15) is 0 Å². The second kappa shape index (κ2) is 7.22. The molecule has 0 N–H and O–H groups in total. The predicted octanol–water partition coefficient (Wildman–Crippen LogP) is 1.56. The van der Waals surface area contributed by atoms with Gasteiger partial charge in [0.1, 0.15) is 18.2 Å². The Morgan fingerprint density at radius 3 is 2.56 bits per heavy atom. The number of ether oxygens (including phenoxy) is 1. The lowest BCUT2D eigenvalue weighted by atomic mass is 10.1. The zero-order valence-corrected chi connectivity index (χ0v) is 15.6. The van der Waals surface area contributed by atoms with Gasteiger partial charge in [-0.3, -0.25) is 9.80 Å². The zero-order valence-electron chi connectivity index (χ0n) is 15.6. The van der Waals surface area contributed by atoms with E-state index in [1.807, 2.05) is 12.1 Å². The van der Waals surface area contributed by atoms with Gasteiger partial charge < -0.3 is 14.2 Å². The van der Waals surface area contributed by atoms with E-state index in [2.05, 4.69) is 25.5 Å². The quantitative estimate of drug-likeness (QED) is 0.815. The number of aromatic nitrogens is 2. The van der Waals surface area contributed by atoms with Crippen LogP contribution in [0.3, 0.4) is 0 Å². The lowest BCUT2D eigenvalue weighted by Gasteiger charge is -2.48. The van der Waals surface area contributed by atoms with Crippen LogP contribution in [0.5, 0.6) is 0 Å². The number of anilines is 1. The van der Waals surface area contributed by atoms with Crippen LogP contribution in [0.2, 0.25) is 0 Å². The minimum Gasteiger partial charge on any atom is -0.372 e. The molecule has 0 radical (unpaired) electrons. The van der Waals surface area contributed by atoms with Gasteiger partial charge in [0, 0.05) is 70.3 Å². The van der Waals surface area contributed by atoms with Gasteiger partial charge in [0.25, 0.3) is 0 Å². The topological polar surface area (TPSA) is 36.8 Å². The van der Waals surface area contributed by atoms with Crippen LogP contribution in [0.15, 0.2) is 30.5 Å². The van der Waals surface area contributed by atoms with E-state index < -0.39 is 0 Å². The number of nitrogens with zero attached hydrogens (tertiary/aromatic N) is 5. The highest BCUT2D eigenvalue weighted by Crippen LogP contribution is 2.22. The number of piperazine rings is 1. The van der Waals surface area contributed by atoms with Crippen molar-refractivity contribution >= 4 is 5.69 Å². The Labute approximate surface area is 159 Å². The maximum absolute atomic E-state index is 13.1. The number of rotatable bonds is 4. The molecule has 4 heterocycles. The molecule has 0 amide bonds. The molecule has 27 heavy (non-hydrogen) atoms. The molecule has 0 atom stereocenters. The molecular weight excluding hydrogens is 345 g/mol. The molecule has 2 saturated heterocycles. The highest BCUT2D eigenvalue weighted by Gasteiger charge is 2.33. The van der Waals surface area contributed by atoms with Crippen molar-refractivity contribution < 1.29 is 9.13 Å². The van der Waals surface area contributed by atoms with Gasteiger partial charge in [-0.05, 0) is 24.3 Å². The third-order valence-electron chi connectivity index (χ3n) is 5.96. The molecule has 3 aliphatic heterocycles. The predicted molar refractivity (Wildman–Crippen MR) is 101 cm³/mol. The van der Waals surface area contributed by atoms with Crippen molar-refractivity contribution in [2.75, 3.05) is 50.8 Å². The fourth-order valence-electron chi connectivity index (χ4n) is 4.35. The van der Waals surface area contributed by atoms with Gasteiger partial charge >= 0.3 is 0 Å². The van der Waals surface area contributed by atoms with Crippen molar-refractivity contribution in [1.82, 2.24) is 19.4 Å². The van der Waals surface area contributed by atoms with Crippen LogP contribution in [0.4, 0.5) is 10.1 Å². The molecular formula is C20H26FN5O. The standard InChI is InChI=1S/C20H26FN5O/c21-16-1-3-18(4-2-16)24-5-7-25(8-6-24)19-13-23(14-19)11-17-12-26-9-10-27-15-20(26)22-17/h1-4,12,19H,5-11,13-15H2. The molecule has 0 unspecified atom stereocenters. The average molecular weight is 371 g/mol. The van der Waals surface area contributed by atoms with Crippen molar-refractivity contribution in [1.29, 1.82) is 0 Å². The Balaban J connectivity index is 1.09. The summed E-state index contributed by atoms with van der Waals surface area (Å²) in [4.78, 5) is 12.1. The van der Waals surface area contributed by atoms with Crippen LogP contribution in [0, 0.1) is 5.82 Å². The number of halogens is 1. The molecule has 0 spiro atoms. The van der Waals surface area contributed by atoms with E-state index in [0.717, 1.165) is 76.2 Å². The molecule has 0 bridgehead atoms. The summed E-state index contributed by atoms with van der Waals surface area (Å²) in [6.45, 7) is 9.70. The number of fused-ring (bicyclic) bond motifs is 1. The minimum absolute atomic E-state index is 0.168. The molecule has 5 rings (SSSR count). The van der Waals surface area contributed by atoms with E-state index >= 15 is 0 Å². The van der Waals surface area contributed by atoms with Gasteiger partial charge in [-0.1, -0.05) is 0 Å². The largest absolute Gasteiger partial charge is 0.372 e. The Morgan fingerprint density at radius 2 is 1.81 bits per heavy atom. The van der Waals surface area contributed by atoms with E-state index in [1.54, 1.807) is 12.1 Å².